The van der Waals surface area contributed by atoms with Crippen molar-refractivity contribution in [2.24, 2.45) is 5.92 Å². The van der Waals surface area contributed by atoms with E-state index >= 15 is 0 Å². The number of rotatable bonds is 7. The molecule has 35 heavy (non-hydrogen) atoms. The van der Waals surface area contributed by atoms with Crippen molar-refractivity contribution >= 4 is 34.4 Å². The van der Waals surface area contributed by atoms with E-state index in [9.17, 15) is 14.0 Å². The average Bonchev–Trinajstić information content (AvgIpc) is 2.83. The number of halogens is 2. The first-order chi connectivity index (χ1) is 16.9. The van der Waals surface area contributed by atoms with Gasteiger partial charge in [-0.05, 0) is 74.6 Å². The van der Waals surface area contributed by atoms with Crippen molar-refractivity contribution < 1.29 is 23.5 Å². The summed E-state index contributed by atoms with van der Waals surface area (Å²) in [7, 11) is 0. The number of fused-ring (bicyclic) bond motifs is 1. The molecular weight excluding hydrogens is 471 g/mol. The van der Waals surface area contributed by atoms with E-state index in [1.54, 1.807) is 43.1 Å². The van der Waals surface area contributed by atoms with E-state index in [-0.39, 0.29) is 17.8 Å². The molecule has 8 heteroatoms. The van der Waals surface area contributed by atoms with Gasteiger partial charge in [0.05, 0.1) is 23.6 Å². The molecule has 0 unspecified atom stereocenters. The SMILES string of the molecule is CCOC(=O)C[C@@H]1CCCN(C(=O)[C@@H](C)Oc2ccc3c(-c4ccc(F)cc4Cl)ccnc3c2)C1. The summed E-state index contributed by atoms with van der Waals surface area (Å²) in [6, 6.07) is 11.6. The maximum Gasteiger partial charge on any atom is 0.306 e. The lowest BCUT2D eigenvalue weighted by atomic mass is 9.94. The summed E-state index contributed by atoms with van der Waals surface area (Å²) >= 11 is 6.27. The maximum atomic E-state index is 13.5. The zero-order valence-corrected chi connectivity index (χ0v) is 20.6. The van der Waals surface area contributed by atoms with E-state index in [2.05, 4.69) is 4.98 Å². The summed E-state index contributed by atoms with van der Waals surface area (Å²) in [5.74, 6) is -0.110. The molecule has 1 fully saturated rings. The van der Waals surface area contributed by atoms with Crippen LogP contribution in [0.5, 0.6) is 5.75 Å². The van der Waals surface area contributed by atoms with Crippen molar-refractivity contribution in [1.29, 1.82) is 0 Å². The minimum absolute atomic E-state index is 0.0977. The number of piperidine rings is 1. The zero-order valence-electron chi connectivity index (χ0n) is 19.8. The van der Waals surface area contributed by atoms with E-state index in [0.29, 0.717) is 48.0 Å². The normalized spacial score (nSPS) is 16.7. The molecule has 2 heterocycles. The minimum atomic E-state index is -0.691. The molecule has 0 N–H and O–H groups in total. The third kappa shape index (κ3) is 5.90. The second kappa shape index (κ2) is 11.0. The Kier molecular flexibility index (Phi) is 7.86. The number of hydrogen-bond acceptors (Lipinski definition) is 5. The molecule has 184 valence electrons. The van der Waals surface area contributed by atoms with E-state index in [1.807, 2.05) is 12.1 Å². The van der Waals surface area contributed by atoms with Crippen molar-refractivity contribution in [1.82, 2.24) is 9.88 Å². The molecule has 1 saturated heterocycles. The van der Waals surface area contributed by atoms with Gasteiger partial charge in [0.1, 0.15) is 11.6 Å². The summed E-state index contributed by atoms with van der Waals surface area (Å²) in [5.41, 5.74) is 2.21. The van der Waals surface area contributed by atoms with Crippen LogP contribution in [0.3, 0.4) is 0 Å². The smallest absolute Gasteiger partial charge is 0.306 e. The highest BCUT2D eigenvalue weighted by atomic mass is 35.5. The number of carbonyl (C=O) groups excluding carboxylic acids is 2. The molecule has 2 aromatic carbocycles. The van der Waals surface area contributed by atoms with Crippen molar-refractivity contribution in [3.8, 4) is 16.9 Å². The highest BCUT2D eigenvalue weighted by Gasteiger charge is 2.29. The topological polar surface area (TPSA) is 68.7 Å². The number of hydrogen-bond donors (Lipinski definition) is 0. The summed E-state index contributed by atoms with van der Waals surface area (Å²) in [6.45, 7) is 5.04. The van der Waals surface area contributed by atoms with E-state index < -0.39 is 11.9 Å². The van der Waals surface area contributed by atoms with E-state index in [1.165, 1.54) is 12.1 Å². The third-order valence-corrected chi connectivity index (χ3v) is 6.50. The number of benzene rings is 2. The van der Waals surface area contributed by atoms with Gasteiger partial charge in [-0.2, -0.15) is 0 Å². The van der Waals surface area contributed by atoms with Crippen LogP contribution < -0.4 is 4.74 Å². The van der Waals surface area contributed by atoms with Crippen LogP contribution in [0.4, 0.5) is 4.39 Å². The monoisotopic (exact) mass is 498 g/mol. The van der Waals surface area contributed by atoms with Crippen LogP contribution in [-0.2, 0) is 14.3 Å². The summed E-state index contributed by atoms with van der Waals surface area (Å²) in [4.78, 5) is 31.1. The quantitative estimate of drug-likeness (QED) is 0.393. The Hall–Kier alpha value is -3.19. The Balaban J connectivity index is 1.46. The molecule has 0 saturated carbocycles. The van der Waals surface area contributed by atoms with Gasteiger partial charge in [0.2, 0.25) is 0 Å². The largest absolute Gasteiger partial charge is 0.481 e. The van der Waals surface area contributed by atoms with E-state index in [0.717, 1.165) is 23.8 Å². The van der Waals surface area contributed by atoms with Crippen LogP contribution >= 0.6 is 11.6 Å². The van der Waals surface area contributed by atoms with Crippen molar-refractivity contribution in [3.05, 3.63) is 59.5 Å². The Morgan fingerprint density at radius 2 is 2.03 bits per heavy atom. The lowest BCUT2D eigenvalue weighted by Crippen LogP contribution is -2.46. The van der Waals surface area contributed by atoms with Gasteiger partial charge in [0.25, 0.3) is 5.91 Å². The Labute approximate surface area is 209 Å². The van der Waals surface area contributed by atoms with Crippen LogP contribution in [0.1, 0.15) is 33.1 Å². The van der Waals surface area contributed by atoms with Gasteiger partial charge in [-0.3, -0.25) is 14.6 Å². The fourth-order valence-corrected chi connectivity index (χ4v) is 4.81. The van der Waals surface area contributed by atoms with Crippen molar-refractivity contribution in [2.75, 3.05) is 19.7 Å². The maximum absolute atomic E-state index is 13.5. The number of aromatic nitrogens is 1. The highest BCUT2D eigenvalue weighted by Crippen LogP contribution is 2.34. The Morgan fingerprint density at radius 3 is 2.80 bits per heavy atom. The first kappa shape index (κ1) is 24.9. The summed E-state index contributed by atoms with van der Waals surface area (Å²) < 4.78 is 24.5. The highest BCUT2D eigenvalue weighted by molar-refractivity contribution is 6.33. The number of likely N-dealkylation sites (tertiary alicyclic amines) is 1. The van der Waals surface area contributed by atoms with Crippen LogP contribution in [0.15, 0.2) is 48.7 Å². The minimum Gasteiger partial charge on any atom is -0.481 e. The number of carbonyl (C=O) groups is 2. The molecule has 4 rings (SSSR count). The predicted octanol–water partition coefficient (Wildman–Crippen LogP) is 5.65. The fraction of sp³-hybridized carbons (Fsp3) is 0.370. The van der Waals surface area contributed by atoms with Gasteiger partial charge in [-0.25, -0.2) is 4.39 Å². The standard InChI is InChI=1S/C27H28ClFN2O4/c1-3-34-26(32)13-18-5-4-12-31(16-18)27(33)17(2)35-20-7-9-23-21(10-11-30-25(23)15-20)22-8-6-19(29)14-24(22)28/h6-11,14-15,17-18H,3-5,12-13,16H2,1-2H3/t17-,18+/m1/s1. The molecule has 1 aromatic heterocycles. The molecule has 1 aliphatic heterocycles. The number of pyridine rings is 1. The van der Waals surface area contributed by atoms with Gasteiger partial charge in [-0.15, -0.1) is 0 Å². The molecule has 2 atom stereocenters. The second-order valence-electron chi connectivity index (χ2n) is 8.72. The van der Waals surface area contributed by atoms with Gasteiger partial charge in [0, 0.05) is 36.3 Å². The molecular formula is C27H28ClFN2O4. The Bertz CT molecular complexity index is 1240. The summed E-state index contributed by atoms with van der Waals surface area (Å²) in [5, 5.41) is 1.16. The molecule has 3 aromatic rings. The first-order valence-electron chi connectivity index (χ1n) is 11.8. The van der Waals surface area contributed by atoms with Gasteiger partial charge in [-0.1, -0.05) is 11.6 Å². The third-order valence-electron chi connectivity index (χ3n) is 6.19. The van der Waals surface area contributed by atoms with Crippen molar-refractivity contribution in [3.63, 3.8) is 0 Å². The van der Waals surface area contributed by atoms with Gasteiger partial charge < -0.3 is 14.4 Å². The number of nitrogens with zero attached hydrogens (tertiary/aromatic N) is 2. The molecule has 0 spiro atoms. The lowest BCUT2D eigenvalue weighted by Gasteiger charge is -2.34. The molecule has 0 aliphatic carbocycles. The van der Waals surface area contributed by atoms with Crippen LogP contribution in [0.25, 0.3) is 22.0 Å². The molecule has 0 bridgehead atoms. The van der Waals surface area contributed by atoms with E-state index in [4.69, 9.17) is 21.1 Å². The Morgan fingerprint density at radius 1 is 1.20 bits per heavy atom. The van der Waals surface area contributed by atoms with Crippen molar-refractivity contribution in [2.45, 2.75) is 39.2 Å². The summed E-state index contributed by atoms with van der Waals surface area (Å²) in [6.07, 6.45) is 3.03. The molecule has 0 radical (unpaired) electrons. The van der Waals surface area contributed by atoms with Gasteiger partial charge in [0.15, 0.2) is 6.10 Å². The first-order valence-corrected chi connectivity index (χ1v) is 12.2. The molecule has 1 amide bonds. The number of ether oxygens (including phenoxy) is 2. The average molecular weight is 499 g/mol. The zero-order chi connectivity index (χ0) is 24.9. The number of esters is 1. The lowest BCUT2D eigenvalue weighted by molar-refractivity contribution is -0.147. The van der Waals surface area contributed by atoms with Crippen LogP contribution in [0.2, 0.25) is 5.02 Å². The molecule has 6 nitrogen and oxygen atoms in total. The van der Waals surface area contributed by atoms with Crippen LogP contribution in [-0.4, -0.2) is 47.6 Å². The second-order valence-corrected chi connectivity index (χ2v) is 9.13. The number of amides is 1. The fourth-order valence-electron chi connectivity index (χ4n) is 4.54. The molecule has 1 aliphatic rings. The van der Waals surface area contributed by atoms with Gasteiger partial charge >= 0.3 is 5.97 Å². The predicted molar refractivity (Wildman–Crippen MR) is 133 cm³/mol. The van der Waals surface area contributed by atoms with Crippen LogP contribution in [0, 0.1) is 11.7 Å².